The Morgan fingerprint density at radius 3 is 2.88 bits per heavy atom. The molecule has 2 nitrogen and oxygen atoms in total. The Balaban J connectivity index is 0.00000144. The molecule has 1 heterocycles. The van der Waals surface area contributed by atoms with Crippen LogP contribution in [-0.4, -0.2) is 31.1 Å². The molecule has 17 heavy (non-hydrogen) atoms. The number of hydrogen-bond donors (Lipinski definition) is 1. The molecule has 1 aromatic carbocycles. The van der Waals surface area contributed by atoms with E-state index >= 15 is 0 Å². The minimum absolute atomic E-state index is 0. The van der Waals surface area contributed by atoms with Crippen molar-refractivity contribution in [3.63, 3.8) is 0 Å². The van der Waals surface area contributed by atoms with E-state index in [0.29, 0.717) is 0 Å². The van der Waals surface area contributed by atoms with Crippen LogP contribution < -0.4 is 5.32 Å². The topological polar surface area (TPSA) is 15.3 Å². The van der Waals surface area contributed by atoms with E-state index in [9.17, 15) is 0 Å². The lowest BCUT2D eigenvalue weighted by Crippen LogP contribution is -2.27. The van der Waals surface area contributed by atoms with Gasteiger partial charge < -0.3 is 5.32 Å². The molecule has 96 valence electrons. The summed E-state index contributed by atoms with van der Waals surface area (Å²) in [6.07, 6.45) is 1.25. The van der Waals surface area contributed by atoms with Crippen LogP contribution in [0.5, 0.6) is 0 Å². The number of aryl methyl sites for hydroxylation is 1. The second kappa shape index (κ2) is 7.37. The molecule has 1 aromatic rings. The highest BCUT2D eigenvalue weighted by Crippen LogP contribution is 2.20. The summed E-state index contributed by atoms with van der Waals surface area (Å²) < 4.78 is 1.24. The van der Waals surface area contributed by atoms with E-state index in [-0.39, 0.29) is 12.4 Å². The van der Waals surface area contributed by atoms with Crippen molar-refractivity contribution >= 4 is 28.3 Å². The molecular formula is C13H20BrClN2. The Hall–Kier alpha value is -0.0900. The van der Waals surface area contributed by atoms with Crippen LogP contribution in [0, 0.1) is 6.92 Å². The maximum absolute atomic E-state index is 3.65. The number of halogens is 2. The molecule has 0 spiro atoms. The van der Waals surface area contributed by atoms with Gasteiger partial charge in [-0.3, -0.25) is 4.90 Å². The molecule has 0 bridgehead atoms. The fourth-order valence-electron chi connectivity index (χ4n) is 2.08. The van der Waals surface area contributed by atoms with Gasteiger partial charge in [-0.1, -0.05) is 28.1 Å². The molecule has 1 aliphatic rings. The molecule has 0 unspecified atom stereocenters. The summed E-state index contributed by atoms with van der Waals surface area (Å²) in [6, 6.07) is 6.62. The molecule has 0 saturated carbocycles. The van der Waals surface area contributed by atoms with Gasteiger partial charge >= 0.3 is 0 Å². The predicted molar refractivity (Wildman–Crippen MR) is 78.9 cm³/mol. The van der Waals surface area contributed by atoms with Crippen LogP contribution in [0.4, 0.5) is 0 Å². The lowest BCUT2D eigenvalue weighted by atomic mass is 10.1. The van der Waals surface area contributed by atoms with Crippen LogP contribution in [0.15, 0.2) is 22.7 Å². The van der Waals surface area contributed by atoms with Gasteiger partial charge in [-0.05, 0) is 43.6 Å². The second-order valence-corrected chi connectivity index (χ2v) is 5.33. The smallest absolute Gasteiger partial charge is 0.0245 e. The van der Waals surface area contributed by atoms with Crippen LogP contribution in [0.2, 0.25) is 0 Å². The first kappa shape index (κ1) is 15.0. The maximum Gasteiger partial charge on any atom is 0.0245 e. The Kier molecular flexibility index (Phi) is 6.49. The van der Waals surface area contributed by atoms with E-state index < -0.39 is 0 Å². The normalized spacial score (nSPS) is 17.3. The van der Waals surface area contributed by atoms with Gasteiger partial charge in [0.25, 0.3) is 0 Å². The van der Waals surface area contributed by atoms with E-state index in [1.807, 2.05) is 0 Å². The van der Waals surface area contributed by atoms with Crippen LogP contribution in [0.1, 0.15) is 17.5 Å². The van der Waals surface area contributed by atoms with Gasteiger partial charge in [-0.2, -0.15) is 0 Å². The second-order valence-electron chi connectivity index (χ2n) is 4.47. The minimum Gasteiger partial charge on any atom is -0.315 e. The zero-order chi connectivity index (χ0) is 11.4. The maximum atomic E-state index is 3.65. The van der Waals surface area contributed by atoms with Crippen LogP contribution in [-0.2, 0) is 6.54 Å². The first-order valence-corrected chi connectivity index (χ1v) is 6.73. The molecule has 0 radical (unpaired) electrons. The number of rotatable bonds is 2. The highest BCUT2D eigenvalue weighted by Gasteiger charge is 2.10. The third-order valence-corrected chi connectivity index (χ3v) is 3.77. The summed E-state index contributed by atoms with van der Waals surface area (Å²) in [5, 5.41) is 3.43. The molecule has 4 heteroatoms. The van der Waals surface area contributed by atoms with E-state index in [0.717, 1.165) is 26.2 Å². The van der Waals surface area contributed by atoms with Crippen molar-refractivity contribution in [2.75, 3.05) is 26.2 Å². The van der Waals surface area contributed by atoms with Gasteiger partial charge in [0.05, 0.1) is 0 Å². The van der Waals surface area contributed by atoms with Crippen LogP contribution in [0.3, 0.4) is 0 Å². The number of nitrogens with zero attached hydrogens (tertiary/aromatic N) is 1. The van der Waals surface area contributed by atoms with E-state index in [1.54, 1.807) is 0 Å². The zero-order valence-corrected chi connectivity index (χ0v) is 12.6. The van der Waals surface area contributed by atoms with Gasteiger partial charge in [0, 0.05) is 24.1 Å². The Bertz CT molecular complexity index is 349. The number of benzene rings is 1. The van der Waals surface area contributed by atoms with Crippen molar-refractivity contribution in [1.29, 1.82) is 0 Å². The molecule has 1 saturated heterocycles. The fraction of sp³-hybridized carbons (Fsp3) is 0.538. The quantitative estimate of drug-likeness (QED) is 0.901. The average molecular weight is 320 g/mol. The molecule has 1 aliphatic heterocycles. The van der Waals surface area contributed by atoms with Crippen molar-refractivity contribution in [2.45, 2.75) is 19.9 Å². The summed E-state index contributed by atoms with van der Waals surface area (Å²) >= 11 is 3.65. The van der Waals surface area contributed by atoms with Gasteiger partial charge in [-0.15, -0.1) is 12.4 Å². The molecule has 0 amide bonds. The Morgan fingerprint density at radius 2 is 2.12 bits per heavy atom. The standard InChI is InChI=1S/C13H19BrN2.ClH/c1-11-3-4-12(13(14)9-11)10-16-7-2-5-15-6-8-16;/h3-4,9,15H,2,5-8,10H2,1H3;1H. The summed E-state index contributed by atoms with van der Waals surface area (Å²) in [4.78, 5) is 2.52. The van der Waals surface area contributed by atoms with Gasteiger partial charge in [0.2, 0.25) is 0 Å². The van der Waals surface area contributed by atoms with Crippen molar-refractivity contribution in [2.24, 2.45) is 0 Å². The SMILES string of the molecule is Cc1ccc(CN2CCCNCC2)c(Br)c1.Cl. The Morgan fingerprint density at radius 1 is 1.29 bits per heavy atom. The highest BCUT2D eigenvalue weighted by atomic mass is 79.9. The fourth-order valence-corrected chi connectivity index (χ4v) is 2.70. The predicted octanol–water partition coefficient (Wildman–Crippen LogP) is 2.97. The van der Waals surface area contributed by atoms with E-state index in [4.69, 9.17) is 0 Å². The lowest BCUT2D eigenvalue weighted by Gasteiger charge is -2.20. The minimum atomic E-state index is 0. The molecule has 0 atom stereocenters. The number of nitrogens with one attached hydrogen (secondary N) is 1. The van der Waals surface area contributed by atoms with E-state index in [1.165, 1.54) is 28.6 Å². The summed E-state index contributed by atoms with van der Waals surface area (Å²) in [5.41, 5.74) is 2.71. The van der Waals surface area contributed by atoms with E-state index in [2.05, 4.69) is 51.3 Å². The monoisotopic (exact) mass is 318 g/mol. The molecular weight excluding hydrogens is 300 g/mol. The molecule has 0 aliphatic carbocycles. The molecule has 2 rings (SSSR count). The van der Waals surface area contributed by atoms with Crippen LogP contribution >= 0.6 is 28.3 Å². The van der Waals surface area contributed by atoms with Gasteiger partial charge in [-0.25, -0.2) is 0 Å². The van der Waals surface area contributed by atoms with Crippen molar-refractivity contribution in [1.82, 2.24) is 10.2 Å². The summed E-state index contributed by atoms with van der Waals surface area (Å²) in [6.45, 7) is 7.82. The van der Waals surface area contributed by atoms with Gasteiger partial charge in [0.1, 0.15) is 0 Å². The van der Waals surface area contributed by atoms with Crippen molar-refractivity contribution in [3.8, 4) is 0 Å². The summed E-state index contributed by atoms with van der Waals surface area (Å²) in [5.74, 6) is 0. The lowest BCUT2D eigenvalue weighted by molar-refractivity contribution is 0.284. The number of hydrogen-bond acceptors (Lipinski definition) is 2. The molecule has 1 fully saturated rings. The van der Waals surface area contributed by atoms with Crippen molar-refractivity contribution in [3.05, 3.63) is 33.8 Å². The molecule has 1 N–H and O–H groups in total. The first-order chi connectivity index (χ1) is 7.75. The summed E-state index contributed by atoms with van der Waals surface area (Å²) in [7, 11) is 0. The molecule has 0 aromatic heterocycles. The third-order valence-electron chi connectivity index (χ3n) is 3.04. The van der Waals surface area contributed by atoms with Gasteiger partial charge in [0.15, 0.2) is 0 Å². The Labute approximate surface area is 118 Å². The largest absolute Gasteiger partial charge is 0.315 e. The average Bonchev–Trinajstić information content (AvgIpc) is 2.51. The zero-order valence-electron chi connectivity index (χ0n) is 10.2. The first-order valence-electron chi connectivity index (χ1n) is 5.94. The third kappa shape index (κ3) is 4.59. The highest BCUT2D eigenvalue weighted by molar-refractivity contribution is 9.10. The van der Waals surface area contributed by atoms with Crippen molar-refractivity contribution < 1.29 is 0 Å². The van der Waals surface area contributed by atoms with Crippen LogP contribution in [0.25, 0.3) is 0 Å².